The second-order valence-electron chi connectivity index (χ2n) is 11.6. The fraction of sp³-hybridized carbons (Fsp3) is 0.375. The molecule has 42 heavy (non-hydrogen) atoms. The third kappa shape index (κ3) is 6.77. The molecule has 0 bridgehead atoms. The van der Waals surface area contributed by atoms with Gasteiger partial charge >= 0.3 is 12.1 Å². The monoisotopic (exact) mass is 613 g/mol. The number of benzene rings is 3. The molecule has 8 nitrogen and oxygen atoms in total. The van der Waals surface area contributed by atoms with Crippen LogP contribution in [-0.2, 0) is 19.7 Å². The molecule has 0 atom stereocenters. The Hall–Kier alpha value is -3.46. The van der Waals surface area contributed by atoms with E-state index in [9.17, 15) is 14.7 Å². The Balaban J connectivity index is 1.66. The predicted molar refractivity (Wildman–Crippen MR) is 166 cm³/mol. The average molecular weight is 615 g/mol. The summed E-state index contributed by atoms with van der Waals surface area (Å²) in [6.07, 6.45) is 0.332. The van der Waals surface area contributed by atoms with Gasteiger partial charge in [-0.15, -0.1) is 0 Å². The molecule has 1 aliphatic heterocycles. The quantitative estimate of drug-likeness (QED) is 0.164. The lowest BCUT2D eigenvalue weighted by atomic mass is 9.69. The number of amides is 1. The molecule has 1 fully saturated rings. The zero-order chi connectivity index (χ0) is 30.7. The summed E-state index contributed by atoms with van der Waals surface area (Å²) in [4.78, 5) is 27.9. The van der Waals surface area contributed by atoms with Gasteiger partial charge < -0.3 is 30.5 Å². The maximum atomic E-state index is 13.8. The van der Waals surface area contributed by atoms with Crippen molar-refractivity contribution in [1.29, 1.82) is 0 Å². The van der Waals surface area contributed by atoms with Crippen LogP contribution in [-0.4, -0.2) is 60.0 Å². The van der Waals surface area contributed by atoms with Gasteiger partial charge in [-0.05, 0) is 86.7 Å². The fourth-order valence-corrected chi connectivity index (χ4v) is 5.47. The topological polar surface area (TPSA) is 114 Å². The van der Waals surface area contributed by atoms with Crippen LogP contribution in [0.15, 0.2) is 66.7 Å². The molecule has 0 aromatic heterocycles. The first kappa shape index (κ1) is 31.5. The van der Waals surface area contributed by atoms with Crippen LogP contribution in [0.25, 0.3) is 0 Å². The number of nitrogens with zero attached hydrogens (tertiary/aromatic N) is 1. The summed E-state index contributed by atoms with van der Waals surface area (Å²) in [5, 5.41) is 15.7. The van der Waals surface area contributed by atoms with Gasteiger partial charge in [-0.2, -0.15) is 0 Å². The van der Waals surface area contributed by atoms with Crippen molar-refractivity contribution in [3.8, 4) is 0 Å². The number of hydrogen-bond acceptors (Lipinski definition) is 7. The number of ether oxygens (including phenoxy) is 2. The van der Waals surface area contributed by atoms with E-state index in [0.717, 1.165) is 0 Å². The number of anilines is 2. The number of methoxy groups -OCH3 is 1. The summed E-state index contributed by atoms with van der Waals surface area (Å²) >= 11 is 12.4. The third-order valence-electron chi connectivity index (χ3n) is 7.49. The smallest absolute Gasteiger partial charge is 0.410 e. The van der Waals surface area contributed by atoms with Crippen LogP contribution in [0, 0.1) is 0 Å². The average Bonchev–Trinajstić information content (AvgIpc) is 2.94. The highest BCUT2D eigenvalue weighted by atomic mass is 35.5. The van der Waals surface area contributed by atoms with Crippen LogP contribution in [0.4, 0.5) is 16.2 Å². The van der Waals surface area contributed by atoms with E-state index in [1.165, 1.54) is 7.11 Å². The first-order valence-corrected chi connectivity index (χ1v) is 14.5. The Bertz CT molecular complexity index is 1370. The number of halogens is 2. The molecule has 1 amide bonds. The van der Waals surface area contributed by atoms with Gasteiger partial charge in [-0.25, -0.2) is 4.79 Å². The Kier molecular flexibility index (Phi) is 9.30. The number of aliphatic hydroxyl groups is 1. The molecule has 3 aromatic rings. The zero-order valence-electron chi connectivity index (χ0n) is 24.2. The van der Waals surface area contributed by atoms with Crippen molar-refractivity contribution < 1.29 is 24.2 Å². The molecule has 0 saturated carbocycles. The van der Waals surface area contributed by atoms with Gasteiger partial charge in [0, 0.05) is 29.7 Å². The van der Waals surface area contributed by atoms with Crippen molar-refractivity contribution in [3.63, 3.8) is 0 Å². The minimum Gasteiger partial charge on any atom is -0.468 e. The van der Waals surface area contributed by atoms with E-state index in [0.29, 0.717) is 64.0 Å². The van der Waals surface area contributed by atoms with Crippen molar-refractivity contribution >= 4 is 46.6 Å². The normalized spacial score (nSPS) is 15.2. The Morgan fingerprint density at radius 3 is 1.90 bits per heavy atom. The lowest BCUT2D eigenvalue weighted by Crippen LogP contribution is -2.50. The number of hydrogen-bond donors (Lipinski definition) is 3. The Morgan fingerprint density at radius 2 is 1.43 bits per heavy atom. The molecule has 1 saturated heterocycles. The molecule has 4 N–H and O–H groups in total. The molecular weight excluding hydrogens is 577 g/mol. The molecule has 1 heterocycles. The van der Waals surface area contributed by atoms with Crippen LogP contribution >= 0.6 is 23.2 Å². The first-order chi connectivity index (χ1) is 19.8. The number of nitrogens with one attached hydrogen (secondary N) is 1. The minimum atomic E-state index is -1.37. The van der Waals surface area contributed by atoms with Crippen molar-refractivity contribution in [2.24, 2.45) is 0 Å². The molecule has 10 heteroatoms. The summed E-state index contributed by atoms with van der Waals surface area (Å²) in [5.74, 6) is -0.504. The fourth-order valence-electron chi connectivity index (χ4n) is 5.22. The summed E-state index contributed by atoms with van der Waals surface area (Å²) in [6, 6.07) is 19.4. The molecule has 0 unspecified atom stereocenters. The van der Waals surface area contributed by atoms with Gasteiger partial charge in [-0.3, -0.25) is 4.79 Å². The molecule has 3 aromatic carbocycles. The second-order valence-corrected chi connectivity index (χ2v) is 12.5. The maximum absolute atomic E-state index is 13.8. The predicted octanol–water partition coefficient (Wildman–Crippen LogP) is 6.26. The van der Waals surface area contributed by atoms with Gasteiger partial charge in [-0.1, -0.05) is 53.5 Å². The lowest BCUT2D eigenvalue weighted by molar-refractivity contribution is -0.144. The first-order valence-electron chi connectivity index (χ1n) is 13.7. The lowest BCUT2D eigenvalue weighted by Gasteiger charge is -2.39. The number of piperidine rings is 1. The number of esters is 1. The third-order valence-corrected chi connectivity index (χ3v) is 7.99. The molecule has 1 aliphatic rings. The highest BCUT2D eigenvalue weighted by Gasteiger charge is 2.45. The molecule has 0 radical (unpaired) electrons. The number of rotatable bonds is 7. The number of carbonyl (C=O) groups is 2. The Morgan fingerprint density at radius 1 is 0.929 bits per heavy atom. The van der Waals surface area contributed by atoms with Crippen LogP contribution in [0.1, 0.15) is 50.3 Å². The largest absolute Gasteiger partial charge is 0.468 e. The standard InChI is InChI=1S/C32H37Cl2N3O5/c1-30(2,3)42-29(39)37-17-15-31(40,16-18-37)20-36-27-19-23(9-14-26(27)35)32(28(38)41-4,21-5-10-24(33)11-6-21)22-7-12-25(34)13-8-22/h5-14,19,36,40H,15-18,20,35H2,1-4H3. The molecular formula is C32H37Cl2N3O5. The second kappa shape index (κ2) is 12.4. The van der Waals surface area contributed by atoms with Crippen LogP contribution in [0.3, 0.4) is 0 Å². The van der Waals surface area contributed by atoms with E-state index in [4.69, 9.17) is 38.4 Å². The van der Waals surface area contributed by atoms with Crippen molar-refractivity contribution in [2.45, 2.75) is 50.2 Å². The van der Waals surface area contributed by atoms with Crippen molar-refractivity contribution in [2.75, 3.05) is 37.8 Å². The van der Waals surface area contributed by atoms with Gasteiger partial charge in [0.15, 0.2) is 0 Å². The number of nitrogen functional groups attached to an aromatic ring is 1. The van der Waals surface area contributed by atoms with Gasteiger partial charge in [0.1, 0.15) is 11.0 Å². The zero-order valence-corrected chi connectivity index (χ0v) is 25.8. The van der Waals surface area contributed by atoms with Gasteiger partial charge in [0.25, 0.3) is 0 Å². The van der Waals surface area contributed by atoms with Crippen LogP contribution in [0.5, 0.6) is 0 Å². The van der Waals surface area contributed by atoms with Gasteiger partial charge in [0.05, 0.1) is 24.1 Å². The van der Waals surface area contributed by atoms with E-state index >= 15 is 0 Å². The van der Waals surface area contributed by atoms with Crippen LogP contribution in [0.2, 0.25) is 10.0 Å². The molecule has 224 valence electrons. The maximum Gasteiger partial charge on any atom is 0.410 e. The molecule has 0 aliphatic carbocycles. The Labute approximate surface area is 256 Å². The minimum absolute atomic E-state index is 0.190. The summed E-state index contributed by atoms with van der Waals surface area (Å²) in [5.41, 5.74) is 6.21. The van der Waals surface area contributed by atoms with Crippen molar-refractivity contribution in [3.05, 3.63) is 93.5 Å². The highest BCUT2D eigenvalue weighted by molar-refractivity contribution is 6.30. The van der Waals surface area contributed by atoms with Gasteiger partial charge in [0.2, 0.25) is 0 Å². The summed E-state index contributed by atoms with van der Waals surface area (Å²) in [6.45, 7) is 6.38. The number of likely N-dealkylation sites (tertiary alicyclic amines) is 1. The van der Waals surface area contributed by atoms with E-state index < -0.39 is 28.7 Å². The van der Waals surface area contributed by atoms with E-state index in [1.807, 2.05) is 20.8 Å². The molecule has 4 rings (SSSR count). The van der Waals surface area contributed by atoms with E-state index in [1.54, 1.807) is 71.6 Å². The SMILES string of the molecule is COC(=O)C(c1ccc(Cl)cc1)(c1ccc(Cl)cc1)c1ccc(N)c(NCC2(O)CCN(C(=O)OC(C)(C)C)CC2)c1. The summed E-state index contributed by atoms with van der Waals surface area (Å²) in [7, 11) is 1.35. The number of carbonyl (C=O) groups excluding carboxylic acids is 2. The van der Waals surface area contributed by atoms with E-state index in [-0.39, 0.29) is 6.54 Å². The van der Waals surface area contributed by atoms with Crippen molar-refractivity contribution in [1.82, 2.24) is 4.90 Å². The molecule has 0 spiro atoms. The highest BCUT2D eigenvalue weighted by Crippen LogP contribution is 2.43. The van der Waals surface area contributed by atoms with E-state index in [2.05, 4.69) is 5.32 Å². The summed E-state index contributed by atoms with van der Waals surface area (Å²) < 4.78 is 10.9. The number of nitrogens with two attached hydrogens (primary N) is 1. The van der Waals surface area contributed by atoms with Crippen LogP contribution < -0.4 is 11.1 Å².